The Kier molecular flexibility index (Phi) is 6.68. The Balaban J connectivity index is 1.35. The van der Waals surface area contributed by atoms with E-state index in [1.54, 1.807) is 19.2 Å². The lowest BCUT2D eigenvalue weighted by Gasteiger charge is -2.09. The standard InChI is InChI=1S/C28H21NO3/c1-30-27-13-9-24(10-14-27)19-31-20-32-28-15-12-25-16-22(8-11-26(25)17-28)5-2-21-3-6-23(18-29)7-4-21/h3-4,6-17H,19-20H2,1H3. The van der Waals surface area contributed by atoms with Gasteiger partial charge >= 0.3 is 0 Å². The minimum absolute atomic E-state index is 0.172. The third-order valence-electron chi connectivity index (χ3n) is 4.91. The lowest BCUT2D eigenvalue weighted by molar-refractivity contribution is 0.00511. The van der Waals surface area contributed by atoms with Crippen LogP contribution in [-0.4, -0.2) is 13.9 Å². The molecule has 0 radical (unpaired) electrons. The van der Waals surface area contributed by atoms with Gasteiger partial charge in [-0.25, -0.2) is 0 Å². The quantitative estimate of drug-likeness (QED) is 0.229. The number of hydrogen-bond donors (Lipinski definition) is 0. The number of nitriles is 1. The fourth-order valence-electron chi connectivity index (χ4n) is 3.15. The van der Waals surface area contributed by atoms with Crippen molar-refractivity contribution in [2.24, 2.45) is 0 Å². The van der Waals surface area contributed by atoms with Crippen molar-refractivity contribution in [2.45, 2.75) is 6.61 Å². The third-order valence-corrected chi connectivity index (χ3v) is 4.91. The van der Waals surface area contributed by atoms with E-state index in [4.69, 9.17) is 19.5 Å². The molecule has 4 aromatic rings. The van der Waals surface area contributed by atoms with Crippen LogP contribution in [0.1, 0.15) is 22.3 Å². The van der Waals surface area contributed by atoms with Crippen LogP contribution in [0.3, 0.4) is 0 Å². The number of benzene rings is 4. The van der Waals surface area contributed by atoms with Crippen molar-refractivity contribution in [3.63, 3.8) is 0 Å². The second kappa shape index (κ2) is 10.2. The van der Waals surface area contributed by atoms with Crippen molar-refractivity contribution in [2.75, 3.05) is 13.9 Å². The summed E-state index contributed by atoms with van der Waals surface area (Å²) in [5.74, 6) is 7.89. The van der Waals surface area contributed by atoms with Gasteiger partial charge < -0.3 is 14.2 Å². The van der Waals surface area contributed by atoms with E-state index in [2.05, 4.69) is 24.0 Å². The third kappa shape index (κ3) is 5.46. The predicted octanol–water partition coefficient (Wildman–Crippen LogP) is 5.67. The highest BCUT2D eigenvalue weighted by molar-refractivity contribution is 5.85. The maximum atomic E-state index is 8.87. The van der Waals surface area contributed by atoms with Gasteiger partial charge in [-0.1, -0.05) is 36.1 Å². The van der Waals surface area contributed by atoms with Crippen molar-refractivity contribution in [3.05, 3.63) is 107 Å². The molecular formula is C28H21NO3. The molecule has 0 aromatic heterocycles. The summed E-state index contributed by atoms with van der Waals surface area (Å²) in [6.45, 7) is 0.643. The van der Waals surface area contributed by atoms with Crippen molar-refractivity contribution in [3.8, 4) is 29.4 Å². The van der Waals surface area contributed by atoms with E-state index in [9.17, 15) is 0 Å². The molecule has 0 amide bonds. The second-order valence-electron chi connectivity index (χ2n) is 7.12. The molecule has 0 N–H and O–H groups in total. The van der Waals surface area contributed by atoms with Gasteiger partial charge in [0.05, 0.1) is 25.3 Å². The minimum Gasteiger partial charge on any atom is -0.497 e. The zero-order valence-corrected chi connectivity index (χ0v) is 17.7. The molecule has 0 fully saturated rings. The molecule has 0 aliphatic heterocycles. The normalized spacial score (nSPS) is 10.1. The zero-order chi connectivity index (χ0) is 22.2. The number of rotatable bonds is 6. The summed E-state index contributed by atoms with van der Waals surface area (Å²) in [6.07, 6.45) is 0. The first-order valence-electron chi connectivity index (χ1n) is 10.1. The molecule has 0 saturated heterocycles. The van der Waals surface area contributed by atoms with E-state index >= 15 is 0 Å². The average molecular weight is 419 g/mol. The number of methoxy groups -OCH3 is 1. The van der Waals surface area contributed by atoms with Crippen LogP contribution in [0.4, 0.5) is 0 Å². The fourth-order valence-corrected chi connectivity index (χ4v) is 3.15. The summed E-state index contributed by atoms with van der Waals surface area (Å²) in [5, 5.41) is 11.0. The lowest BCUT2D eigenvalue weighted by Crippen LogP contribution is -2.03. The van der Waals surface area contributed by atoms with E-state index in [-0.39, 0.29) is 6.79 Å². The molecule has 32 heavy (non-hydrogen) atoms. The van der Waals surface area contributed by atoms with Gasteiger partial charge in [0.25, 0.3) is 0 Å². The van der Waals surface area contributed by atoms with Crippen LogP contribution >= 0.6 is 0 Å². The van der Waals surface area contributed by atoms with Crippen LogP contribution in [-0.2, 0) is 11.3 Å². The molecule has 0 atom stereocenters. The molecule has 0 unspecified atom stereocenters. The van der Waals surface area contributed by atoms with Crippen LogP contribution in [0.2, 0.25) is 0 Å². The lowest BCUT2D eigenvalue weighted by atomic mass is 10.1. The van der Waals surface area contributed by atoms with E-state index in [0.29, 0.717) is 12.2 Å². The Hall–Kier alpha value is -4.25. The van der Waals surface area contributed by atoms with Gasteiger partial charge in [0.1, 0.15) is 11.5 Å². The maximum absolute atomic E-state index is 8.87. The van der Waals surface area contributed by atoms with Gasteiger partial charge in [0.15, 0.2) is 6.79 Å². The SMILES string of the molecule is COc1ccc(COCOc2ccc3cc(C#Cc4ccc(C#N)cc4)ccc3c2)cc1. The fraction of sp³-hybridized carbons (Fsp3) is 0.107. The molecule has 0 saturated carbocycles. The zero-order valence-electron chi connectivity index (χ0n) is 17.7. The highest BCUT2D eigenvalue weighted by atomic mass is 16.7. The Bertz CT molecular complexity index is 1310. The summed E-state index contributed by atoms with van der Waals surface area (Å²) in [6, 6.07) is 29.1. The Morgan fingerprint density at radius 2 is 1.31 bits per heavy atom. The smallest absolute Gasteiger partial charge is 0.189 e. The van der Waals surface area contributed by atoms with Crippen LogP contribution in [0.15, 0.2) is 84.9 Å². The molecule has 0 aliphatic rings. The number of nitrogens with zero attached hydrogens (tertiary/aromatic N) is 1. The van der Waals surface area contributed by atoms with E-state index in [0.717, 1.165) is 39.0 Å². The van der Waals surface area contributed by atoms with Crippen molar-refractivity contribution >= 4 is 10.8 Å². The van der Waals surface area contributed by atoms with Gasteiger partial charge in [-0.15, -0.1) is 0 Å². The number of ether oxygens (including phenoxy) is 3. The summed E-state index contributed by atoms with van der Waals surface area (Å²) >= 11 is 0. The highest BCUT2D eigenvalue weighted by Gasteiger charge is 2.00. The minimum atomic E-state index is 0.172. The molecule has 156 valence electrons. The first kappa shape index (κ1) is 21.0. The maximum Gasteiger partial charge on any atom is 0.189 e. The molecule has 4 rings (SSSR count). The van der Waals surface area contributed by atoms with E-state index in [1.165, 1.54) is 0 Å². The highest BCUT2D eigenvalue weighted by Crippen LogP contribution is 2.22. The number of fused-ring (bicyclic) bond motifs is 1. The summed E-state index contributed by atoms with van der Waals surface area (Å²) < 4.78 is 16.5. The van der Waals surface area contributed by atoms with Gasteiger partial charge in [-0.2, -0.15) is 5.26 Å². The molecule has 0 spiro atoms. The first-order chi connectivity index (χ1) is 15.7. The van der Waals surface area contributed by atoms with Gasteiger partial charge in [0.2, 0.25) is 0 Å². The van der Waals surface area contributed by atoms with Crippen LogP contribution in [0.25, 0.3) is 10.8 Å². The monoisotopic (exact) mass is 419 g/mol. The molecule has 0 aliphatic carbocycles. The van der Waals surface area contributed by atoms with Crippen LogP contribution in [0.5, 0.6) is 11.5 Å². The van der Waals surface area contributed by atoms with Crippen molar-refractivity contribution < 1.29 is 14.2 Å². The van der Waals surface area contributed by atoms with E-state index in [1.807, 2.05) is 66.7 Å². The Labute approximate surface area is 187 Å². The van der Waals surface area contributed by atoms with Gasteiger partial charge in [0, 0.05) is 11.1 Å². The summed E-state index contributed by atoms with van der Waals surface area (Å²) in [5.41, 5.74) is 3.49. The summed E-state index contributed by atoms with van der Waals surface area (Å²) in [4.78, 5) is 0. The Morgan fingerprint density at radius 1 is 0.688 bits per heavy atom. The van der Waals surface area contributed by atoms with E-state index < -0.39 is 0 Å². The van der Waals surface area contributed by atoms with Crippen molar-refractivity contribution in [1.29, 1.82) is 5.26 Å². The first-order valence-corrected chi connectivity index (χ1v) is 10.1. The molecule has 4 aromatic carbocycles. The van der Waals surface area contributed by atoms with Crippen LogP contribution in [0, 0.1) is 23.2 Å². The Morgan fingerprint density at radius 3 is 2.06 bits per heavy atom. The predicted molar refractivity (Wildman–Crippen MR) is 124 cm³/mol. The van der Waals surface area contributed by atoms with Crippen molar-refractivity contribution in [1.82, 2.24) is 0 Å². The molecule has 4 heteroatoms. The summed E-state index contributed by atoms with van der Waals surface area (Å²) in [7, 11) is 1.65. The second-order valence-corrected chi connectivity index (χ2v) is 7.12. The average Bonchev–Trinajstić information content (AvgIpc) is 2.86. The number of hydrogen-bond acceptors (Lipinski definition) is 4. The molecule has 4 nitrogen and oxygen atoms in total. The van der Waals surface area contributed by atoms with Gasteiger partial charge in [-0.05, 0) is 77.0 Å². The molecule has 0 heterocycles. The molecular weight excluding hydrogens is 398 g/mol. The largest absolute Gasteiger partial charge is 0.497 e. The van der Waals surface area contributed by atoms with Crippen LogP contribution < -0.4 is 9.47 Å². The topological polar surface area (TPSA) is 51.5 Å². The molecule has 0 bridgehead atoms. The van der Waals surface area contributed by atoms with Gasteiger partial charge in [-0.3, -0.25) is 0 Å².